The van der Waals surface area contributed by atoms with Crippen LogP contribution in [0.25, 0.3) is 43.4 Å². The lowest BCUT2D eigenvalue weighted by Gasteiger charge is -1.99. The minimum absolute atomic E-state index is 1.21. The van der Waals surface area contributed by atoms with E-state index in [0.717, 1.165) is 0 Å². The van der Waals surface area contributed by atoms with E-state index in [1.165, 1.54) is 43.4 Å². The molecule has 0 aliphatic carbocycles. The number of aromatic amines is 1. The van der Waals surface area contributed by atoms with Crippen molar-refractivity contribution in [2.24, 2.45) is 0 Å². The minimum Gasteiger partial charge on any atom is -0.354 e. The molecule has 0 aliphatic heterocycles. The van der Waals surface area contributed by atoms with Gasteiger partial charge in [-0.2, -0.15) is 0 Å². The van der Waals surface area contributed by atoms with Crippen LogP contribution in [0.3, 0.4) is 0 Å². The molecule has 0 saturated carbocycles. The number of H-pyrrole nitrogens is 1. The summed E-state index contributed by atoms with van der Waals surface area (Å²) >= 11 is 0. The Balaban J connectivity index is 2.04. The van der Waals surface area contributed by atoms with Gasteiger partial charge in [0.25, 0.3) is 0 Å². The molecule has 1 aromatic heterocycles. The van der Waals surface area contributed by atoms with Crippen molar-refractivity contribution in [1.29, 1.82) is 0 Å². The maximum atomic E-state index is 3.61. The summed E-state index contributed by atoms with van der Waals surface area (Å²) in [6.45, 7) is 0. The predicted octanol–water partition coefficient (Wildman–Crippen LogP) is 5.63. The second-order valence-corrected chi connectivity index (χ2v) is 5.58. The average molecular weight is 267 g/mol. The van der Waals surface area contributed by atoms with E-state index < -0.39 is 0 Å². The lowest BCUT2D eigenvalue weighted by molar-refractivity contribution is 1.57. The molecule has 0 bridgehead atoms. The molecule has 0 amide bonds. The quantitative estimate of drug-likeness (QED) is 0.374. The van der Waals surface area contributed by atoms with Gasteiger partial charge in [0.2, 0.25) is 0 Å². The third-order valence-corrected chi connectivity index (χ3v) is 4.36. The largest absolute Gasteiger partial charge is 0.354 e. The van der Waals surface area contributed by atoms with Crippen molar-refractivity contribution < 1.29 is 0 Å². The predicted molar refractivity (Wildman–Crippen MR) is 90.8 cm³/mol. The topological polar surface area (TPSA) is 15.8 Å². The smallest absolute Gasteiger partial charge is 0.0544 e. The molecule has 0 saturated heterocycles. The Kier molecular flexibility index (Phi) is 2.01. The first-order valence-electron chi connectivity index (χ1n) is 7.22. The summed E-state index contributed by atoms with van der Waals surface area (Å²) in [6.07, 6.45) is 0. The van der Waals surface area contributed by atoms with Crippen molar-refractivity contribution in [2.45, 2.75) is 0 Å². The second-order valence-electron chi connectivity index (χ2n) is 5.58. The van der Waals surface area contributed by atoms with Gasteiger partial charge in [-0.3, -0.25) is 0 Å². The number of nitrogens with one attached hydrogen (secondary N) is 1. The molecule has 1 nitrogen and oxygen atoms in total. The van der Waals surface area contributed by atoms with E-state index in [1.54, 1.807) is 0 Å². The molecule has 0 unspecified atom stereocenters. The fourth-order valence-corrected chi connectivity index (χ4v) is 3.33. The summed E-state index contributed by atoms with van der Waals surface area (Å²) < 4.78 is 0. The normalized spacial score (nSPS) is 11.8. The van der Waals surface area contributed by atoms with Gasteiger partial charge in [-0.05, 0) is 28.3 Å². The molecule has 5 aromatic rings. The van der Waals surface area contributed by atoms with E-state index in [4.69, 9.17) is 0 Å². The van der Waals surface area contributed by atoms with Crippen molar-refractivity contribution in [3.05, 3.63) is 72.8 Å². The van der Waals surface area contributed by atoms with Gasteiger partial charge in [-0.25, -0.2) is 0 Å². The highest BCUT2D eigenvalue weighted by Crippen LogP contribution is 2.33. The zero-order valence-electron chi connectivity index (χ0n) is 11.4. The standard InChI is InChI=1S/C20H13N/c1-2-7-15-12-19-18(11-14(15)6-1)17-10-9-13-5-3-4-8-16(13)20(17)21-19/h1-12,21H. The van der Waals surface area contributed by atoms with Crippen LogP contribution in [0.4, 0.5) is 0 Å². The average Bonchev–Trinajstić information content (AvgIpc) is 2.90. The highest BCUT2D eigenvalue weighted by atomic mass is 14.7. The Bertz CT molecular complexity index is 1130. The van der Waals surface area contributed by atoms with E-state index in [1.807, 2.05) is 0 Å². The maximum absolute atomic E-state index is 3.61. The van der Waals surface area contributed by atoms with Gasteiger partial charge in [-0.15, -0.1) is 0 Å². The highest BCUT2D eigenvalue weighted by molar-refractivity contribution is 6.19. The Morgan fingerprint density at radius 3 is 2.10 bits per heavy atom. The molecular weight excluding hydrogens is 254 g/mol. The molecule has 0 aliphatic rings. The van der Waals surface area contributed by atoms with Crippen LogP contribution in [0.15, 0.2) is 72.8 Å². The zero-order chi connectivity index (χ0) is 13.8. The third-order valence-electron chi connectivity index (χ3n) is 4.36. The summed E-state index contributed by atoms with van der Waals surface area (Å²) in [7, 11) is 0. The minimum atomic E-state index is 1.21. The SMILES string of the molecule is c1ccc2cc3c(cc2c1)[nH]c1c2ccccc2ccc31. The summed E-state index contributed by atoms with van der Waals surface area (Å²) in [6, 6.07) is 26.0. The molecule has 0 radical (unpaired) electrons. The number of benzene rings is 4. The molecule has 1 heterocycles. The monoisotopic (exact) mass is 267 g/mol. The molecule has 0 atom stereocenters. The zero-order valence-corrected chi connectivity index (χ0v) is 11.4. The van der Waals surface area contributed by atoms with Crippen molar-refractivity contribution in [3.63, 3.8) is 0 Å². The van der Waals surface area contributed by atoms with Crippen molar-refractivity contribution in [1.82, 2.24) is 4.98 Å². The number of aromatic nitrogens is 1. The van der Waals surface area contributed by atoms with Gasteiger partial charge in [0.1, 0.15) is 0 Å². The van der Waals surface area contributed by atoms with Gasteiger partial charge in [-0.1, -0.05) is 60.7 Å². The molecule has 21 heavy (non-hydrogen) atoms. The molecular formula is C20H13N. The van der Waals surface area contributed by atoms with Gasteiger partial charge in [0.15, 0.2) is 0 Å². The molecule has 0 spiro atoms. The van der Waals surface area contributed by atoms with Gasteiger partial charge in [0.05, 0.1) is 5.52 Å². The van der Waals surface area contributed by atoms with Crippen molar-refractivity contribution in [3.8, 4) is 0 Å². The fourth-order valence-electron chi connectivity index (χ4n) is 3.33. The van der Waals surface area contributed by atoms with Gasteiger partial charge >= 0.3 is 0 Å². The first-order valence-corrected chi connectivity index (χ1v) is 7.22. The van der Waals surface area contributed by atoms with Crippen molar-refractivity contribution in [2.75, 3.05) is 0 Å². The van der Waals surface area contributed by atoms with Crippen LogP contribution in [-0.4, -0.2) is 4.98 Å². The molecule has 1 heteroatoms. The van der Waals surface area contributed by atoms with Gasteiger partial charge in [0, 0.05) is 21.7 Å². The van der Waals surface area contributed by atoms with Gasteiger partial charge < -0.3 is 4.98 Å². The number of rotatable bonds is 0. The summed E-state index contributed by atoms with van der Waals surface area (Å²) in [4.78, 5) is 3.61. The molecule has 4 aromatic carbocycles. The summed E-state index contributed by atoms with van der Waals surface area (Å²) in [5.41, 5.74) is 2.44. The Morgan fingerprint density at radius 1 is 0.524 bits per heavy atom. The number of fused-ring (bicyclic) bond motifs is 6. The van der Waals surface area contributed by atoms with Crippen molar-refractivity contribution >= 4 is 43.4 Å². The van der Waals surface area contributed by atoms with E-state index in [9.17, 15) is 0 Å². The summed E-state index contributed by atoms with van der Waals surface area (Å²) in [5.74, 6) is 0. The Labute approximate surface area is 121 Å². The second kappa shape index (κ2) is 3.86. The maximum Gasteiger partial charge on any atom is 0.0544 e. The molecule has 5 rings (SSSR count). The highest BCUT2D eigenvalue weighted by Gasteiger charge is 2.08. The first-order chi connectivity index (χ1) is 10.4. The van der Waals surface area contributed by atoms with Crippen LogP contribution in [0.1, 0.15) is 0 Å². The Hall–Kier alpha value is -2.80. The van der Waals surface area contributed by atoms with E-state index in [2.05, 4.69) is 77.8 Å². The third kappa shape index (κ3) is 1.46. The Morgan fingerprint density at radius 2 is 1.24 bits per heavy atom. The number of hydrogen-bond donors (Lipinski definition) is 1. The fraction of sp³-hybridized carbons (Fsp3) is 0. The lowest BCUT2D eigenvalue weighted by atomic mass is 10.0. The first kappa shape index (κ1) is 10.9. The van der Waals surface area contributed by atoms with Crippen LogP contribution in [0, 0.1) is 0 Å². The molecule has 98 valence electrons. The van der Waals surface area contributed by atoms with E-state index >= 15 is 0 Å². The molecule has 0 fully saturated rings. The lowest BCUT2D eigenvalue weighted by Crippen LogP contribution is -1.74. The van der Waals surface area contributed by atoms with Crippen LogP contribution < -0.4 is 0 Å². The van der Waals surface area contributed by atoms with Crippen LogP contribution >= 0.6 is 0 Å². The van der Waals surface area contributed by atoms with Crippen LogP contribution in [-0.2, 0) is 0 Å². The summed E-state index contributed by atoms with van der Waals surface area (Å²) in [5, 5.41) is 7.74. The number of hydrogen-bond acceptors (Lipinski definition) is 0. The van der Waals surface area contributed by atoms with E-state index in [-0.39, 0.29) is 0 Å². The van der Waals surface area contributed by atoms with Crippen LogP contribution in [0.2, 0.25) is 0 Å². The molecule has 1 N–H and O–H groups in total. The van der Waals surface area contributed by atoms with E-state index in [0.29, 0.717) is 0 Å². The van der Waals surface area contributed by atoms with Crippen LogP contribution in [0.5, 0.6) is 0 Å².